The lowest BCUT2D eigenvalue weighted by Crippen LogP contribution is -2.30. The number of ether oxygens (including phenoxy) is 2. The third-order valence-electron chi connectivity index (χ3n) is 11.3. The van der Waals surface area contributed by atoms with Crippen molar-refractivity contribution in [2.45, 2.75) is 142 Å². The molecule has 2 amide bonds. The predicted octanol–water partition coefficient (Wildman–Crippen LogP) is 10.1. The second-order valence-corrected chi connectivity index (χ2v) is 21.1. The minimum Gasteiger partial charge on any atom is -0.448 e. The summed E-state index contributed by atoms with van der Waals surface area (Å²) in [7, 11) is -8.26. The molecule has 2 N–H and O–H groups in total. The quantitative estimate of drug-likeness (QED) is 0.0791. The summed E-state index contributed by atoms with van der Waals surface area (Å²) in [5.74, 6) is -1.32. The Morgan fingerprint density at radius 1 is 0.559 bits per heavy atom. The maximum Gasteiger partial charge on any atom is 0.411 e. The van der Waals surface area contributed by atoms with Gasteiger partial charge in [-0.25, -0.2) is 26.4 Å². The Hall–Kier alpha value is -3.52. The summed E-state index contributed by atoms with van der Waals surface area (Å²) in [6.45, 7) is 7.52. The van der Waals surface area contributed by atoms with Gasteiger partial charge in [0.05, 0.1) is 11.5 Å². The van der Waals surface area contributed by atoms with Crippen LogP contribution in [-0.2, 0) is 42.0 Å². The van der Waals surface area contributed by atoms with Crippen LogP contribution in [0.2, 0.25) is 0 Å². The number of rotatable bonds is 28. The maximum absolute atomic E-state index is 12.6. The van der Waals surface area contributed by atoms with E-state index in [-0.39, 0.29) is 0 Å². The van der Waals surface area contributed by atoms with Gasteiger partial charge in [-0.3, -0.25) is 10.6 Å². The van der Waals surface area contributed by atoms with E-state index in [9.17, 15) is 26.4 Å². The molecule has 0 aromatic heterocycles. The molecule has 0 bridgehead atoms. The van der Waals surface area contributed by atoms with E-state index in [2.05, 4.69) is 34.3 Å². The molecule has 2 aromatic carbocycles. The number of fused-ring (bicyclic) bond motifs is 2. The van der Waals surface area contributed by atoms with Crippen molar-refractivity contribution in [2.75, 3.05) is 76.4 Å². The molecule has 0 spiro atoms. The standard InChI is InChI=1S/C45H72N4O8S2/c1-3-5-7-9-11-13-15-17-27-48-29-19-21-38-35-40(23-25-42(38)48)46-44(50)56-31-33-58(52,53)37-59(54,55)34-32-57-45(51)47-41-24-26-43-39(36-41)22-20-30-49(43)28-18-16-14-12-10-8-6-4-2/h23-26,35-36H,3-22,27-34,37H2,1-2H3,(H,46,50)(H,47,51). The van der Waals surface area contributed by atoms with Crippen LogP contribution in [0.1, 0.15) is 141 Å². The topological polar surface area (TPSA) is 151 Å². The molecular weight excluding hydrogens is 789 g/mol. The predicted molar refractivity (Wildman–Crippen MR) is 242 cm³/mol. The van der Waals surface area contributed by atoms with Gasteiger partial charge in [-0.15, -0.1) is 0 Å². The third kappa shape index (κ3) is 18.3. The highest BCUT2D eigenvalue weighted by Crippen LogP contribution is 2.31. The van der Waals surface area contributed by atoms with Gasteiger partial charge < -0.3 is 19.3 Å². The molecule has 332 valence electrons. The van der Waals surface area contributed by atoms with E-state index in [1.165, 1.54) is 101 Å². The minimum absolute atomic E-state index is 0.502. The Balaban J connectivity index is 1.11. The number of nitrogens with zero attached hydrogens (tertiary/aromatic N) is 2. The molecule has 2 aliphatic heterocycles. The van der Waals surface area contributed by atoms with E-state index >= 15 is 0 Å². The van der Waals surface area contributed by atoms with Crippen molar-refractivity contribution in [1.29, 1.82) is 0 Å². The zero-order valence-electron chi connectivity index (χ0n) is 35.9. The molecule has 0 aliphatic carbocycles. The van der Waals surface area contributed by atoms with Gasteiger partial charge in [0.25, 0.3) is 0 Å². The number of hydrogen-bond donors (Lipinski definition) is 2. The number of anilines is 4. The Morgan fingerprint density at radius 2 is 0.932 bits per heavy atom. The molecule has 14 heteroatoms. The third-order valence-corrected chi connectivity index (χ3v) is 15.7. The lowest BCUT2D eigenvalue weighted by Gasteiger charge is -2.31. The van der Waals surface area contributed by atoms with E-state index < -0.39 is 61.7 Å². The summed E-state index contributed by atoms with van der Waals surface area (Å²) in [4.78, 5) is 29.8. The van der Waals surface area contributed by atoms with E-state index in [1.807, 2.05) is 36.4 Å². The van der Waals surface area contributed by atoms with E-state index in [0.717, 1.165) is 75.8 Å². The summed E-state index contributed by atoms with van der Waals surface area (Å²) in [5, 5.41) is 4.18. The van der Waals surface area contributed by atoms with Crippen LogP contribution >= 0.6 is 0 Å². The van der Waals surface area contributed by atoms with Crippen molar-refractivity contribution in [3.05, 3.63) is 47.5 Å². The summed E-state index contributed by atoms with van der Waals surface area (Å²) >= 11 is 0. The van der Waals surface area contributed by atoms with Gasteiger partial charge in [-0.1, -0.05) is 104 Å². The molecular formula is C45H72N4O8S2. The first-order valence-electron chi connectivity index (χ1n) is 22.5. The van der Waals surface area contributed by atoms with Crippen LogP contribution in [-0.4, -0.2) is 85.0 Å². The van der Waals surface area contributed by atoms with Gasteiger partial charge in [-0.05, 0) is 86.1 Å². The zero-order valence-corrected chi connectivity index (χ0v) is 37.6. The molecule has 2 aromatic rings. The Labute approximate surface area is 355 Å². The van der Waals surface area contributed by atoms with Gasteiger partial charge >= 0.3 is 12.2 Å². The van der Waals surface area contributed by atoms with Gasteiger partial charge in [0.1, 0.15) is 13.2 Å². The molecule has 2 heterocycles. The van der Waals surface area contributed by atoms with Crippen molar-refractivity contribution in [2.24, 2.45) is 0 Å². The summed E-state index contributed by atoms with van der Waals surface area (Å²) in [5.41, 5.74) is 5.78. The first-order valence-corrected chi connectivity index (χ1v) is 26.2. The average Bonchev–Trinajstić information content (AvgIpc) is 3.19. The highest BCUT2D eigenvalue weighted by atomic mass is 32.3. The number of nitrogens with one attached hydrogen (secondary N) is 2. The number of unbranched alkanes of at least 4 members (excludes halogenated alkanes) is 14. The summed E-state index contributed by atoms with van der Waals surface area (Å²) < 4.78 is 60.7. The molecule has 0 saturated heterocycles. The van der Waals surface area contributed by atoms with Crippen LogP contribution in [0.3, 0.4) is 0 Å². The van der Waals surface area contributed by atoms with Crippen molar-refractivity contribution >= 4 is 54.6 Å². The molecule has 2 aliphatic rings. The second-order valence-electron chi connectivity index (χ2n) is 16.4. The maximum atomic E-state index is 12.6. The highest BCUT2D eigenvalue weighted by molar-refractivity contribution is 8.08. The lowest BCUT2D eigenvalue weighted by molar-refractivity contribution is 0.167. The second kappa shape index (κ2) is 26.0. The van der Waals surface area contributed by atoms with Gasteiger partial charge in [-0.2, -0.15) is 0 Å². The van der Waals surface area contributed by atoms with Crippen LogP contribution in [0, 0.1) is 0 Å². The number of amides is 2. The van der Waals surface area contributed by atoms with Crippen LogP contribution < -0.4 is 20.4 Å². The number of hydrogen-bond acceptors (Lipinski definition) is 10. The highest BCUT2D eigenvalue weighted by Gasteiger charge is 2.24. The molecule has 0 fully saturated rings. The average molecular weight is 861 g/mol. The number of sulfone groups is 2. The Morgan fingerprint density at radius 3 is 1.32 bits per heavy atom. The molecule has 12 nitrogen and oxygen atoms in total. The van der Waals surface area contributed by atoms with Crippen LogP contribution in [0.5, 0.6) is 0 Å². The van der Waals surface area contributed by atoms with Gasteiger partial charge in [0.15, 0.2) is 24.8 Å². The van der Waals surface area contributed by atoms with Gasteiger partial charge in [0, 0.05) is 48.9 Å². The summed E-state index contributed by atoms with van der Waals surface area (Å²) in [6.07, 6.45) is 22.7. The van der Waals surface area contributed by atoms with Crippen molar-refractivity contribution < 1.29 is 35.9 Å². The first kappa shape index (κ1) is 48.1. The van der Waals surface area contributed by atoms with Crippen molar-refractivity contribution in [3.63, 3.8) is 0 Å². The number of aryl methyl sites for hydroxylation is 2. The Bertz CT molecular complexity index is 1670. The Kier molecular flexibility index (Phi) is 21.2. The van der Waals surface area contributed by atoms with Crippen LogP contribution in [0.15, 0.2) is 36.4 Å². The van der Waals surface area contributed by atoms with Crippen LogP contribution in [0.4, 0.5) is 32.3 Å². The lowest BCUT2D eigenvalue weighted by atomic mass is 10.0. The monoisotopic (exact) mass is 860 g/mol. The molecule has 0 radical (unpaired) electrons. The number of benzene rings is 2. The SMILES string of the molecule is CCCCCCCCCCN1CCCc2cc(NC(=O)OCCS(=O)(=O)CS(=O)(=O)CCOC(=O)Nc3ccc4c(c3)CCCN4CCCCCCCCCC)ccc21. The fourth-order valence-electron chi connectivity index (χ4n) is 8.07. The largest absolute Gasteiger partial charge is 0.448 e. The van der Waals surface area contributed by atoms with Gasteiger partial charge in [0.2, 0.25) is 0 Å². The fraction of sp³-hybridized carbons (Fsp3) is 0.689. The van der Waals surface area contributed by atoms with Crippen molar-refractivity contribution in [3.8, 4) is 0 Å². The van der Waals surface area contributed by atoms with E-state index in [1.54, 1.807) is 0 Å². The molecule has 59 heavy (non-hydrogen) atoms. The normalized spacial score (nSPS) is 14.1. The molecule has 0 atom stereocenters. The fourth-order valence-corrected chi connectivity index (χ4v) is 11.9. The number of carbonyl (C=O) groups is 2. The van der Waals surface area contributed by atoms with E-state index in [4.69, 9.17) is 9.47 Å². The molecule has 0 unspecified atom stereocenters. The zero-order chi connectivity index (χ0) is 42.4. The van der Waals surface area contributed by atoms with E-state index in [0.29, 0.717) is 11.4 Å². The molecule has 0 saturated carbocycles. The minimum atomic E-state index is -4.13. The van der Waals surface area contributed by atoms with Crippen molar-refractivity contribution in [1.82, 2.24) is 0 Å². The van der Waals surface area contributed by atoms with Crippen LogP contribution in [0.25, 0.3) is 0 Å². The first-order chi connectivity index (χ1) is 28.5. The number of carbonyl (C=O) groups excluding carboxylic acids is 2. The smallest absolute Gasteiger partial charge is 0.411 e. The molecule has 4 rings (SSSR count). The summed E-state index contributed by atoms with van der Waals surface area (Å²) in [6, 6.07) is 11.5.